The van der Waals surface area contributed by atoms with Crippen LogP contribution >= 0.6 is 24.8 Å². The number of hydrogen-bond donors (Lipinski definition) is 1. The number of carbonyl (C=O) groups excluding carboxylic acids is 1. The van der Waals surface area contributed by atoms with Crippen LogP contribution in [-0.4, -0.2) is 59.1 Å². The Hall–Kier alpha value is -2.54. The van der Waals surface area contributed by atoms with E-state index in [4.69, 9.17) is 0 Å². The third-order valence-electron chi connectivity index (χ3n) is 6.12. The molecule has 1 N–H and O–H groups in total. The van der Waals surface area contributed by atoms with Gasteiger partial charge in [0.25, 0.3) is 0 Å². The normalized spacial score (nSPS) is 13.6. The van der Waals surface area contributed by atoms with E-state index >= 15 is 0 Å². The average Bonchev–Trinajstić information content (AvgIpc) is 3.21. The first-order chi connectivity index (χ1) is 15.5. The second-order valence-electron chi connectivity index (χ2n) is 8.78. The predicted molar refractivity (Wildman–Crippen MR) is 146 cm³/mol. The summed E-state index contributed by atoms with van der Waals surface area (Å²) in [4.78, 5) is 20.6. The van der Waals surface area contributed by atoms with Gasteiger partial charge in [-0.25, -0.2) is 9.78 Å². The Kier molecular flexibility index (Phi) is 10.4. The molecule has 0 saturated heterocycles. The number of amides is 2. The summed E-state index contributed by atoms with van der Waals surface area (Å²) in [5, 5.41) is 2.91. The summed E-state index contributed by atoms with van der Waals surface area (Å²) in [5.41, 5.74) is 6.83. The molecule has 4 rings (SSSR count). The van der Waals surface area contributed by atoms with Gasteiger partial charge >= 0.3 is 6.03 Å². The van der Waals surface area contributed by atoms with Crippen molar-refractivity contribution in [3.63, 3.8) is 0 Å². The Morgan fingerprint density at radius 1 is 1.09 bits per heavy atom. The molecule has 0 aliphatic carbocycles. The quantitative estimate of drug-likeness (QED) is 0.411. The van der Waals surface area contributed by atoms with Gasteiger partial charge in [-0.05, 0) is 61.6 Å². The van der Waals surface area contributed by atoms with Crippen molar-refractivity contribution in [2.75, 3.05) is 39.0 Å². The minimum Gasteiger partial charge on any atom is -0.331 e. The topological polar surface area (TPSA) is 53.4 Å². The number of aryl methyl sites for hydroxylation is 2. The van der Waals surface area contributed by atoms with Crippen LogP contribution in [0.4, 0.5) is 10.5 Å². The number of benzene rings is 2. The van der Waals surface area contributed by atoms with E-state index in [1.807, 2.05) is 18.5 Å². The minimum absolute atomic E-state index is 0. The van der Waals surface area contributed by atoms with Crippen LogP contribution in [0.1, 0.15) is 30.4 Å². The molecule has 1 aliphatic heterocycles. The summed E-state index contributed by atoms with van der Waals surface area (Å²) < 4.78 is 2.24. The van der Waals surface area contributed by atoms with Crippen LogP contribution in [0.15, 0.2) is 54.9 Å². The number of fused-ring (bicyclic) bond motifs is 1. The maximum Gasteiger partial charge on any atom is 0.321 e. The molecule has 0 atom stereocenters. The Labute approximate surface area is 214 Å². The molecule has 3 aromatic rings. The standard InChI is InChI=1S/C26H33N5O.2ClH/c1-20-17-23(28-26(32)29(2)3)18-24-25(20)31(19-27-24)14-8-7-13-30-15-11-22(12-16-30)21-9-5-4-6-10-21;;/h4-6,9-11,17-19H,7-8,12-16H2,1-3H3,(H,28,32);2*1H. The first-order valence-corrected chi connectivity index (χ1v) is 11.4. The van der Waals surface area contributed by atoms with Crippen molar-refractivity contribution in [1.82, 2.24) is 19.4 Å². The van der Waals surface area contributed by atoms with Gasteiger partial charge in [-0.15, -0.1) is 24.8 Å². The average molecular weight is 505 g/mol. The van der Waals surface area contributed by atoms with Crippen LogP contribution in [0.25, 0.3) is 16.6 Å². The van der Waals surface area contributed by atoms with Crippen LogP contribution < -0.4 is 5.32 Å². The van der Waals surface area contributed by atoms with E-state index in [1.54, 1.807) is 14.1 Å². The van der Waals surface area contributed by atoms with Gasteiger partial charge in [0.15, 0.2) is 0 Å². The fourth-order valence-electron chi connectivity index (χ4n) is 4.35. The van der Waals surface area contributed by atoms with E-state index in [2.05, 4.69) is 63.1 Å². The second-order valence-corrected chi connectivity index (χ2v) is 8.78. The second kappa shape index (κ2) is 12.8. The van der Waals surface area contributed by atoms with Crippen molar-refractivity contribution < 1.29 is 4.79 Å². The van der Waals surface area contributed by atoms with Crippen molar-refractivity contribution in [2.45, 2.75) is 32.7 Å². The molecule has 0 fully saturated rings. The summed E-state index contributed by atoms with van der Waals surface area (Å²) in [6.45, 7) is 6.34. The molecule has 0 bridgehead atoms. The fourth-order valence-corrected chi connectivity index (χ4v) is 4.35. The van der Waals surface area contributed by atoms with E-state index in [0.29, 0.717) is 0 Å². The Balaban J connectivity index is 0.00000204. The van der Waals surface area contributed by atoms with E-state index < -0.39 is 0 Å². The van der Waals surface area contributed by atoms with Crippen molar-refractivity contribution >= 4 is 53.1 Å². The van der Waals surface area contributed by atoms with E-state index in [9.17, 15) is 4.79 Å². The first kappa shape index (κ1) is 27.7. The van der Waals surface area contributed by atoms with Crippen molar-refractivity contribution in [3.05, 3.63) is 66.0 Å². The number of nitrogens with one attached hydrogen (secondary N) is 1. The highest BCUT2D eigenvalue weighted by Gasteiger charge is 2.13. The van der Waals surface area contributed by atoms with Gasteiger partial charge in [0.2, 0.25) is 0 Å². The predicted octanol–water partition coefficient (Wildman–Crippen LogP) is 5.85. The Morgan fingerprint density at radius 2 is 1.82 bits per heavy atom. The van der Waals surface area contributed by atoms with Gasteiger partial charge in [0.05, 0.1) is 17.4 Å². The number of anilines is 1. The first-order valence-electron chi connectivity index (χ1n) is 11.4. The third-order valence-corrected chi connectivity index (χ3v) is 6.12. The molecule has 8 heteroatoms. The van der Waals surface area contributed by atoms with Crippen LogP contribution in [0.2, 0.25) is 0 Å². The van der Waals surface area contributed by atoms with Gasteiger partial charge < -0.3 is 14.8 Å². The zero-order valence-electron chi connectivity index (χ0n) is 20.2. The number of carbonyl (C=O) groups is 1. The molecule has 184 valence electrons. The number of halogens is 2. The molecule has 1 aliphatic rings. The van der Waals surface area contributed by atoms with Gasteiger partial charge in [-0.2, -0.15) is 0 Å². The molecule has 6 nitrogen and oxygen atoms in total. The number of aromatic nitrogens is 2. The molecular formula is C26H35Cl2N5O. The zero-order valence-corrected chi connectivity index (χ0v) is 21.8. The number of unbranched alkanes of at least 4 members (excludes halogenated alkanes) is 1. The maximum atomic E-state index is 11.9. The maximum absolute atomic E-state index is 11.9. The summed E-state index contributed by atoms with van der Waals surface area (Å²) >= 11 is 0. The van der Waals surface area contributed by atoms with Gasteiger partial charge in [0, 0.05) is 39.4 Å². The lowest BCUT2D eigenvalue weighted by molar-refractivity contribution is 0.230. The van der Waals surface area contributed by atoms with Crippen molar-refractivity contribution in [1.29, 1.82) is 0 Å². The highest BCUT2D eigenvalue weighted by molar-refractivity contribution is 5.92. The molecular weight excluding hydrogens is 469 g/mol. The van der Waals surface area contributed by atoms with Crippen LogP contribution in [0.5, 0.6) is 0 Å². The molecule has 34 heavy (non-hydrogen) atoms. The van der Waals surface area contributed by atoms with Crippen LogP contribution in [0.3, 0.4) is 0 Å². The Bertz CT molecular complexity index is 1110. The van der Waals surface area contributed by atoms with Crippen molar-refractivity contribution in [2.24, 2.45) is 0 Å². The van der Waals surface area contributed by atoms with E-state index in [0.717, 1.165) is 61.3 Å². The largest absolute Gasteiger partial charge is 0.331 e. The number of imidazole rings is 1. The lowest BCUT2D eigenvalue weighted by atomic mass is 9.99. The SMILES string of the molecule is Cc1cc(NC(=O)N(C)C)cc2ncn(CCCCN3CC=C(c4ccccc4)CC3)c12.Cl.Cl. The lowest BCUT2D eigenvalue weighted by Gasteiger charge is -2.26. The molecule has 0 saturated carbocycles. The fraction of sp³-hybridized carbons (Fsp3) is 0.385. The number of urea groups is 1. The molecule has 0 spiro atoms. The number of hydrogen-bond acceptors (Lipinski definition) is 3. The third kappa shape index (κ3) is 6.75. The van der Waals surface area contributed by atoms with Crippen LogP contribution in [-0.2, 0) is 6.54 Å². The molecule has 1 aromatic heterocycles. The molecule has 0 unspecified atom stereocenters. The molecule has 2 amide bonds. The van der Waals surface area contributed by atoms with Crippen LogP contribution in [0, 0.1) is 6.92 Å². The monoisotopic (exact) mass is 503 g/mol. The summed E-state index contributed by atoms with van der Waals surface area (Å²) in [5.74, 6) is 0. The van der Waals surface area contributed by atoms with Crippen molar-refractivity contribution in [3.8, 4) is 0 Å². The van der Waals surface area contributed by atoms with Gasteiger partial charge in [0.1, 0.15) is 0 Å². The molecule has 0 radical (unpaired) electrons. The highest BCUT2D eigenvalue weighted by Crippen LogP contribution is 2.24. The lowest BCUT2D eigenvalue weighted by Crippen LogP contribution is -2.29. The van der Waals surface area contributed by atoms with E-state index in [-0.39, 0.29) is 30.8 Å². The van der Waals surface area contributed by atoms with Gasteiger partial charge in [-0.1, -0.05) is 36.4 Å². The number of rotatable bonds is 7. The smallest absolute Gasteiger partial charge is 0.321 e. The summed E-state index contributed by atoms with van der Waals surface area (Å²) in [7, 11) is 3.47. The zero-order chi connectivity index (χ0) is 22.5. The summed E-state index contributed by atoms with van der Waals surface area (Å²) in [6, 6.07) is 14.6. The summed E-state index contributed by atoms with van der Waals surface area (Å²) in [6.07, 6.45) is 7.73. The number of nitrogens with zero attached hydrogens (tertiary/aromatic N) is 4. The van der Waals surface area contributed by atoms with E-state index in [1.165, 1.54) is 22.5 Å². The Morgan fingerprint density at radius 3 is 2.50 bits per heavy atom. The highest BCUT2D eigenvalue weighted by atomic mass is 35.5. The molecule has 2 heterocycles. The minimum atomic E-state index is -0.133. The molecule has 2 aromatic carbocycles. The van der Waals surface area contributed by atoms with Gasteiger partial charge in [-0.3, -0.25) is 4.90 Å².